The number of amides is 1. The number of esters is 1. The molecule has 1 fully saturated rings. The number of nitrogens with zero attached hydrogens (tertiary/aromatic N) is 1. The Kier molecular flexibility index (Phi) is 6.78. The number of ether oxygens (including phenoxy) is 1. The van der Waals surface area contributed by atoms with Crippen LogP contribution in [0.1, 0.15) is 41.9 Å². The number of likely N-dealkylation sites (tertiary alicyclic amines) is 1. The Balaban J connectivity index is 1.46. The van der Waals surface area contributed by atoms with Crippen LogP contribution in [-0.4, -0.2) is 29.4 Å². The van der Waals surface area contributed by atoms with Crippen LogP contribution in [0.4, 0.5) is 0 Å². The fourth-order valence-corrected chi connectivity index (χ4v) is 4.23. The van der Waals surface area contributed by atoms with Crippen LogP contribution in [0, 0.1) is 0 Å². The first kappa shape index (κ1) is 20.9. The second-order valence-electron chi connectivity index (χ2n) is 7.92. The van der Waals surface area contributed by atoms with Crippen molar-refractivity contribution in [3.05, 3.63) is 108 Å². The predicted octanol–water partition coefficient (Wildman–Crippen LogP) is 4.94. The highest BCUT2D eigenvalue weighted by Gasteiger charge is 2.36. The van der Waals surface area contributed by atoms with Crippen LogP contribution >= 0.6 is 0 Å². The maximum atomic E-state index is 13.3. The lowest BCUT2D eigenvalue weighted by atomic mass is 9.88. The summed E-state index contributed by atoms with van der Waals surface area (Å²) in [4.78, 5) is 27.8. The van der Waals surface area contributed by atoms with Gasteiger partial charge in [-0.3, -0.25) is 4.79 Å². The molecule has 1 aliphatic heterocycles. The summed E-state index contributed by atoms with van der Waals surface area (Å²) in [5.74, 6) is -0.362. The van der Waals surface area contributed by atoms with E-state index >= 15 is 0 Å². The van der Waals surface area contributed by atoms with Gasteiger partial charge in [-0.1, -0.05) is 91.0 Å². The van der Waals surface area contributed by atoms with Crippen molar-refractivity contribution in [3.8, 4) is 0 Å². The molecule has 158 valence electrons. The van der Waals surface area contributed by atoms with E-state index in [-0.39, 0.29) is 24.4 Å². The van der Waals surface area contributed by atoms with Gasteiger partial charge in [0.2, 0.25) is 5.91 Å². The number of benzene rings is 3. The zero-order valence-electron chi connectivity index (χ0n) is 17.5. The summed E-state index contributed by atoms with van der Waals surface area (Å²) < 4.78 is 5.53. The molecule has 4 heteroatoms. The molecule has 1 atom stereocenters. The SMILES string of the molecule is O=C(OCc1ccccc1)[C@@H]1CCCN1C(=O)CC(c1ccccc1)c1ccccc1. The van der Waals surface area contributed by atoms with Gasteiger partial charge in [0.15, 0.2) is 0 Å². The summed E-state index contributed by atoms with van der Waals surface area (Å²) in [5.41, 5.74) is 3.15. The van der Waals surface area contributed by atoms with Gasteiger partial charge in [0.1, 0.15) is 12.6 Å². The summed E-state index contributed by atoms with van der Waals surface area (Å²) in [6.45, 7) is 0.828. The Bertz CT molecular complexity index is 949. The third-order valence-electron chi connectivity index (χ3n) is 5.85. The molecule has 31 heavy (non-hydrogen) atoms. The molecule has 4 rings (SSSR count). The smallest absolute Gasteiger partial charge is 0.329 e. The molecule has 3 aromatic rings. The molecule has 0 N–H and O–H groups in total. The van der Waals surface area contributed by atoms with Crippen molar-refractivity contribution < 1.29 is 14.3 Å². The molecule has 0 spiro atoms. The quantitative estimate of drug-likeness (QED) is 0.515. The first-order valence-corrected chi connectivity index (χ1v) is 10.8. The molecule has 0 saturated carbocycles. The normalized spacial score (nSPS) is 15.8. The average Bonchev–Trinajstić information content (AvgIpc) is 3.33. The van der Waals surface area contributed by atoms with Crippen LogP contribution in [0.25, 0.3) is 0 Å². The molecule has 3 aromatic carbocycles. The van der Waals surface area contributed by atoms with E-state index in [1.54, 1.807) is 4.90 Å². The van der Waals surface area contributed by atoms with Crippen molar-refractivity contribution in [1.82, 2.24) is 4.90 Å². The van der Waals surface area contributed by atoms with Crippen molar-refractivity contribution in [2.24, 2.45) is 0 Å². The highest BCUT2D eigenvalue weighted by Crippen LogP contribution is 2.30. The zero-order valence-corrected chi connectivity index (χ0v) is 17.5. The second-order valence-corrected chi connectivity index (χ2v) is 7.92. The predicted molar refractivity (Wildman–Crippen MR) is 120 cm³/mol. The third-order valence-corrected chi connectivity index (χ3v) is 5.85. The Morgan fingerprint density at radius 3 is 1.97 bits per heavy atom. The minimum absolute atomic E-state index is 0.00290. The number of rotatable bonds is 7. The molecule has 1 heterocycles. The lowest BCUT2D eigenvalue weighted by Gasteiger charge is -2.26. The first-order valence-electron chi connectivity index (χ1n) is 10.8. The Labute approximate surface area is 183 Å². The molecule has 0 aromatic heterocycles. The molecule has 4 nitrogen and oxygen atoms in total. The van der Waals surface area contributed by atoms with Crippen LogP contribution < -0.4 is 0 Å². The number of carbonyl (C=O) groups is 2. The fourth-order valence-electron chi connectivity index (χ4n) is 4.23. The third kappa shape index (κ3) is 5.21. The summed E-state index contributed by atoms with van der Waals surface area (Å²) in [7, 11) is 0. The largest absolute Gasteiger partial charge is 0.459 e. The minimum atomic E-state index is -0.497. The molecule has 1 saturated heterocycles. The van der Waals surface area contributed by atoms with Crippen LogP contribution in [0.15, 0.2) is 91.0 Å². The van der Waals surface area contributed by atoms with Gasteiger partial charge in [-0.05, 0) is 29.5 Å². The van der Waals surface area contributed by atoms with Gasteiger partial charge in [0.25, 0.3) is 0 Å². The molecule has 1 aliphatic rings. The van der Waals surface area contributed by atoms with Crippen LogP contribution in [-0.2, 0) is 20.9 Å². The van der Waals surface area contributed by atoms with E-state index in [2.05, 4.69) is 24.3 Å². The number of hydrogen-bond donors (Lipinski definition) is 0. The van der Waals surface area contributed by atoms with Crippen molar-refractivity contribution in [2.45, 2.75) is 37.8 Å². The first-order chi connectivity index (χ1) is 15.2. The van der Waals surface area contributed by atoms with E-state index in [0.717, 1.165) is 23.1 Å². The summed E-state index contributed by atoms with van der Waals surface area (Å²) in [5, 5.41) is 0. The second kappa shape index (κ2) is 10.1. The maximum Gasteiger partial charge on any atom is 0.329 e. The fraction of sp³-hybridized carbons (Fsp3) is 0.259. The summed E-state index contributed by atoms with van der Waals surface area (Å²) >= 11 is 0. The molecular weight excluding hydrogens is 386 g/mol. The minimum Gasteiger partial charge on any atom is -0.459 e. The number of carbonyl (C=O) groups excluding carboxylic acids is 2. The van der Waals surface area contributed by atoms with E-state index in [0.29, 0.717) is 19.4 Å². The molecular formula is C27H27NO3. The highest BCUT2D eigenvalue weighted by atomic mass is 16.5. The zero-order chi connectivity index (χ0) is 21.5. The van der Waals surface area contributed by atoms with Crippen LogP contribution in [0.2, 0.25) is 0 Å². The van der Waals surface area contributed by atoms with Gasteiger partial charge >= 0.3 is 5.97 Å². The monoisotopic (exact) mass is 413 g/mol. The van der Waals surface area contributed by atoms with Crippen molar-refractivity contribution in [3.63, 3.8) is 0 Å². The van der Waals surface area contributed by atoms with Crippen molar-refractivity contribution >= 4 is 11.9 Å². The van der Waals surface area contributed by atoms with Crippen molar-refractivity contribution in [2.75, 3.05) is 6.54 Å². The van der Waals surface area contributed by atoms with E-state index < -0.39 is 6.04 Å². The van der Waals surface area contributed by atoms with Crippen LogP contribution in [0.3, 0.4) is 0 Å². The molecule has 0 bridgehead atoms. The average molecular weight is 414 g/mol. The van der Waals surface area contributed by atoms with Gasteiger partial charge in [-0.15, -0.1) is 0 Å². The Hall–Kier alpha value is -3.40. The summed E-state index contributed by atoms with van der Waals surface area (Å²) in [6, 6.07) is 29.3. The molecule has 0 radical (unpaired) electrons. The van der Waals surface area contributed by atoms with E-state index in [1.807, 2.05) is 66.7 Å². The maximum absolute atomic E-state index is 13.3. The summed E-state index contributed by atoms with van der Waals surface area (Å²) in [6.07, 6.45) is 1.80. The van der Waals surface area contributed by atoms with Crippen LogP contribution in [0.5, 0.6) is 0 Å². The lowest BCUT2D eigenvalue weighted by molar-refractivity contribution is -0.154. The molecule has 1 amide bonds. The van der Waals surface area contributed by atoms with E-state index in [1.165, 1.54) is 0 Å². The molecule has 0 aliphatic carbocycles. The topological polar surface area (TPSA) is 46.6 Å². The molecule has 0 unspecified atom stereocenters. The van der Waals surface area contributed by atoms with Gasteiger partial charge in [0, 0.05) is 18.9 Å². The highest BCUT2D eigenvalue weighted by molar-refractivity contribution is 5.86. The van der Waals surface area contributed by atoms with E-state index in [4.69, 9.17) is 4.74 Å². The van der Waals surface area contributed by atoms with Gasteiger partial charge < -0.3 is 9.64 Å². The lowest BCUT2D eigenvalue weighted by Crippen LogP contribution is -2.41. The number of hydrogen-bond acceptors (Lipinski definition) is 3. The van der Waals surface area contributed by atoms with Gasteiger partial charge in [-0.25, -0.2) is 4.79 Å². The Morgan fingerprint density at radius 1 is 0.839 bits per heavy atom. The Morgan fingerprint density at radius 2 is 1.39 bits per heavy atom. The van der Waals surface area contributed by atoms with E-state index in [9.17, 15) is 9.59 Å². The van der Waals surface area contributed by atoms with Crippen molar-refractivity contribution in [1.29, 1.82) is 0 Å². The van der Waals surface area contributed by atoms with Gasteiger partial charge in [-0.2, -0.15) is 0 Å². The van der Waals surface area contributed by atoms with Gasteiger partial charge in [0.05, 0.1) is 0 Å². The standard InChI is InChI=1S/C27H27NO3/c29-26(19-24(22-13-6-2-7-14-22)23-15-8-3-9-16-23)28-18-10-17-25(28)27(30)31-20-21-11-4-1-5-12-21/h1-9,11-16,24-25H,10,17-20H2/t25-/m0/s1.